The summed E-state index contributed by atoms with van der Waals surface area (Å²) in [4.78, 5) is 12.4. The van der Waals surface area contributed by atoms with Crippen LogP contribution in [0.1, 0.15) is 18.1 Å². The maximum atomic E-state index is 12.4. The predicted octanol–water partition coefficient (Wildman–Crippen LogP) is 4.88. The lowest BCUT2D eigenvalue weighted by atomic mass is 10.1. The van der Waals surface area contributed by atoms with Crippen LogP contribution in [0.5, 0.6) is 5.75 Å². The summed E-state index contributed by atoms with van der Waals surface area (Å²) < 4.78 is 7.51. The molecule has 1 heterocycles. The number of ether oxygens (including phenoxy) is 1. The van der Waals surface area contributed by atoms with Crippen LogP contribution in [0.3, 0.4) is 0 Å². The predicted molar refractivity (Wildman–Crippen MR) is 136 cm³/mol. The Morgan fingerprint density at radius 1 is 1.03 bits per heavy atom. The lowest BCUT2D eigenvalue weighted by Crippen LogP contribution is -2.20. The van der Waals surface area contributed by atoms with E-state index in [0.717, 1.165) is 28.1 Å². The number of hydrogen-bond donors (Lipinski definition) is 1. The zero-order valence-corrected chi connectivity index (χ0v) is 19.8. The van der Waals surface area contributed by atoms with E-state index in [1.165, 1.54) is 11.8 Å². The summed E-state index contributed by atoms with van der Waals surface area (Å²) in [5.41, 5.74) is 6.45. The molecule has 0 aliphatic heterocycles. The van der Waals surface area contributed by atoms with E-state index in [0.29, 0.717) is 17.6 Å². The number of benzene rings is 3. The first-order chi connectivity index (χ1) is 16.7. The van der Waals surface area contributed by atoms with Gasteiger partial charge in [0.15, 0.2) is 11.0 Å². The molecule has 1 N–H and O–H groups in total. The van der Waals surface area contributed by atoms with Crippen molar-refractivity contribution in [2.75, 3.05) is 12.4 Å². The molecule has 0 fully saturated rings. The van der Waals surface area contributed by atoms with Gasteiger partial charge in [0.2, 0.25) is 0 Å². The number of rotatable bonds is 9. The minimum Gasteiger partial charge on any atom is -0.494 e. The summed E-state index contributed by atoms with van der Waals surface area (Å²) in [5.74, 6) is 1.41. The molecule has 0 saturated heterocycles. The fourth-order valence-electron chi connectivity index (χ4n) is 3.30. The average molecular weight is 472 g/mol. The number of thioether (sulfide) groups is 1. The molecule has 0 bridgehead atoms. The third kappa shape index (κ3) is 5.71. The van der Waals surface area contributed by atoms with Gasteiger partial charge in [0.1, 0.15) is 5.75 Å². The molecule has 0 aliphatic rings. The number of aromatic nitrogens is 3. The number of nitrogens with one attached hydrogen (secondary N) is 1. The van der Waals surface area contributed by atoms with Gasteiger partial charge in [-0.15, -0.1) is 10.2 Å². The van der Waals surface area contributed by atoms with E-state index >= 15 is 0 Å². The Balaban J connectivity index is 1.51. The standard InChI is InChI=1S/C26H25N5O2S/c1-3-33-23-15-13-22(14-16-23)31-25(20-10-5-4-6-11-20)29-30-26(31)34-18-24(32)28-27-17-21-12-8-7-9-19(21)2/h4-17H,3,18H2,1-2H3,(H,28,32)/b27-17+. The van der Waals surface area contributed by atoms with Crippen LogP contribution in [0.25, 0.3) is 17.1 Å². The molecular formula is C26H25N5O2S. The quantitative estimate of drug-likeness (QED) is 0.214. The van der Waals surface area contributed by atoms with E-state index in [-0.39, 0.29) is 11.7 Å². The van der Waals surface area contributed by atoms with E-state index < -0.39 is 0 Å². The lowest BCUT2D eigenvalue weighted by Gasteiger charge is -2.11. The average Bonchev–Trinajstić information content (AvgIpc) is 3.29. The number of aryl methyl sites for hydroxylation is 1. The molecule has 0 spiro atoms. The molecule has 7 nitrogen and oxygen atoms in total. The van der Waals surface area contributed by atoms with Crippen molar-refractivity contribution in [1.29, 1.82) is 0 Å². The van der Waals surface area contributed by atoms with E-state index in [4.69, 9.17) is 4.74 Å². The second kappa shape index (κ2) is 11.3. The second-order valence-electron chi connectivity index (χ2n) is 7.37. The lowest BCUT2D eigenvalue weighted by molar-refractivity contribution is -0.118. The molecule has 1 amide bonds. The third-order valence-electron chi connectivity index (χ3n) is 4.98. The Labute approximate surface area is 202 Å². The molecule has 3 aromatic carbocycles. The highest BCUT2D eigenvalue weighted by Crippen LogP contribution is 2.28. The maximum Gasteiger partial charge on any atom is 0.250 e. The van der Waals surface area contributed by atoms with Gasteiger partial charge in [-0.2, -0.15) is 5.10 Å². The SMILES string of the molecule is CCOc1ccc(-n2c(SCC(=O)N/N=C/c3ccccc3C)nnc2-c2ccccc2)cc1. The van der Waals surface area contributed by atoms with Crippen LogP contribution < -0.4 is 10.2 Å². The summed E-state index contributed by atoms with van der Waals surface area (Å²) in [7, 11) is 0. The third-order valence-corrected chi connectivity index (χ3v) is 5.91. The molecule has 34 heavy (non-hydrogen) atoms. The normalized spacial score (nSPS) is 11.0. The monoisotopic (exact) mass is 471 g/mol. The van der Waals surface area contributed by atoms with Gasteiger partial charge in [0.25, 0.3) is 5.91 Å². The van der Waals surface area contributed by atoms with Crippen molar-refractivity contribution in [1.82, 2.24) is 20.2 Å². The first kappa shape index (κ1) is 23.3. The van der Waals surface area contributed by atoms with E-state index in [1.807, 2.05) is 97.3 Å². The highest BCUT2D eigenvalue weighted by molar-refractivity contribution is 7.99. The van der Waals surface area contributed by atoms with E-state index in [1.54, 1.807) is 6.21 Å². The van der Waals surface area contributed by atoms with Gasteiger partial charge < -0.3 is 4.74 Å². The minimum atomic E-state index is -0.225. The summed E-state index contributed by atoms with van der Waals surface area (Å²) in [6.45, 7) is 4.55. The van der Waals surface area contributed by atoms with Crippen molar-refractivity contribution in [2.45, 2.75) is 19.0 Å². The van der Waals surface area contributed by atoms with Gasteiger partial charge in [-0.05, 0) is 49.2 Å². The zero-order chi connectivity index (χ0) is 23.8. The van der Waals surface area contributed by atoms with E-state index in [2.05, 4.69) is 20.7 Å². The largest absolute Gasteiger partial charge is 0.494 e. The van der Waals surface area contributed by atoms with Gasteiger partial charge in [0, 0.05) is 11.3 Å². The van der Waals surface area contributed by atoms with E-state index in [9.17, 15) is 4.79 Å². The van der Waals surface area contributed by atoms with Crippen molar-refractivity contribution in [3.63, 3.8) is 0 Å². The minimum absolute atomic E-state index is 0.148. The van der Waals surface area contributed by atoms with Crippen LogP contribution >= 0.6 is 11.8 Å². The van der Waals surface area contributed by atoms with Crippen LogP contribution in [0.4, 0.5) is 0 Å². The van der Waals surface area contributed by atoms with Crippen LogP contribution in [0.2, 0.25) is 0 Å². The second-order valence-corrected chi connectivity index (χ2v) is 8.32. The number of carbonyl (C=O) groups excluding carboxylic acids is 1. The van der Waals surface area contributed by atoms with Gasteiger partial charge in [0.05, 0.1) is 18.6 Å². The molecule has 172 valence electrons. The Morgan fingerprint density at radius 2 is 1.76 bits per heavy atom. The number of carbonyl (C=O) groups is 1. The molecule has 4 rings (SSSR count). The van der Waals surface area contributed by atoms with Gasteiger partial charge in [-0.1, -0.05) is 66.4 Å². The molecule has 1 aromatic heterocycles. The van der Waals surface area contributed by atoms with Gasteiger partial charge in [-0.25, -0.2) is 5.43 Å². The summed E-state index contributed by atoms with van der Waals surface area (Å²) in [6, 6.07) is 25.4. The molecule has 0 aliphatic carbocycles. The first-order valence-electron chi connectivity index (χ1n) is 10.9. The zero-order valence-electron chi connectivity index (χ0n) is 19.0. The molecule has 0 unspecified atom stereocenters. The number of nitrogens with zero attached hydrogens (tertiary/aromatic N) is 4. The Kier molecular flexibility index (Phi) is 7.72. The fraction of sp³-hybridized carbons (Fsp3) is 0.154. The molecule has 0 saturated carbocycles. The Bertz CT molecular complexity index is 1270. The molecule has 0 radical (unpaired) electrons. The van der Waals surface area contributed by atoms with Crippen LogP contribution in [-0.4, -0.2) is 39.2 Å². The fourth-order valence-corrected chi connectivity index (χ4v) is 4.04. The van der Waals surface area contributed by atoms with Crippen molar-refractivity contribution in [2.24, 2.45) is 5.10 Å². The highest BCUT2D eigenvalue weighted by atomic mass is 32.2. The molecule has 8 heteroatoms. The number of hydrazone groups is 1. The van der Waals surface area contributed by atoms with Crippen molar-refractivity contribution >= 4 is 23.9 Å². The number of amides is 1. The Morgan fingerprint density at radius 3 is 2.50 bits per heavy atom. The summed E-state index contributed by atoms with van der Waals surface area (Å²) >= 11 is 1.30. The Hall–Kier alpha value is -3.91. The maximum absolute atomic E-state index is 12.4. The van der Waals surface area contributed by atoms with Crippen molar-refractivity contribution in [3.8, 4) is 22.8 Å². The topological polar surface area (TPSA) is 81.4 Å². The summed E-state index contributed by atoms with van der Waals surface area (Å²) in [6.07, 6.45) is 1.65. The first-order valence-corrected chi connectivity index (χ1v) is 11.9. The van der Waals surface area contributed by atoms with Crippen LogP contribution in [-0.2, 0) is 4.79 Å². The number of hydrogen-bond acceptors (Lipinski definition) is 6. The molecule has 4 aromatic rings. The van der Waals surface area contributed by atoms with Gasteiger partial charge >= 0.3 is 0 Å². The van der Waals surface area contributed by atoms with Gasteiger partial charge in [-0.3, -0.25) is 9.36 Å². The summed E-state index contributed by atoms with van der Waals surface area (Å²) in [5, 5.41) is 13.5. The van der Waals surface area contributed by atoms with Crippen molar-refractivity contribution in [3.05, 3.63) is 90.0 Å². The van der Waals surface area contributed by atoms with Crippen LogP contribution in [0.15, 0.2) is 89.1 Å². The molecule has 0 atom stereocenters. The highest BCUT2D eigenvalue weighted by Gasteiger charge is 2.17. The van der Waals surface area contributed by atoms with Crippen LogP contribution in [0, 0.1) is 6.92 Å². The molecular weight excluding hydrogens is 446 g/mol. The van der Waals surface area contributed by atoms with Crippen molar-refractivity contribution < 1.29 is 9.53 Å². The smallest absolute Gasteiger partial charge is 0.250 e.